The van der Waals surface area contributed by atoms with Gasteiger partial charge in [-0.15, -0.1) is 0 Å². The van der Waals surface area contributed by atoms with Crippen LogP contribution in [0.5, 0.6) is 0 Å². The smallest absolute Gasteiger partial charge is 0.233 e. The molecule has 0 radical (unpaired) electrons. The predicted octanol–water partition coefficient (Wildman–Crippen LogP) is 6.76. The minimum atomic E-state index is -0.187. The van der Waals surface area contributed by atoms with E-state index in [0.717, 1.165) is 24.8 Å². The molecule has 1 amide bonds. The summed E-state index contributed by atoms with van der Waals surface area (Å²) in [6.07, 6.45) is 9.17. The zero-order valence-electron chi connectivity index (χ0n) is 18.9. The van der Waals surface area contributed by atoms with Gasteiger partial charge in [-0.1, -0.05) is 101 Å². The van der Waals surface area contributed by atoms with Crippen molar-refractivity contribution in [2.45, 2.75) is 58.8 Å². The van der Waals surface area contributed by atoms with Crippen molar-refractivity contribution in [1.29, 1.82) is 0 Å². The summed E-state index contributed by atoms with van der Waals surface area (Å²) in [5, 5.41) is 3.03. The van der Waals surface area contributed by atoms with Crippen molar-refractivity contribution in [3.8, 4) is 11.1 Å². The molecule has 0 aliphatic heterocycles. The van der Waals surface area contributed by atoms with Gasteiger partial charge in [0.15, 0.2) is 0 Å². The van der Waals surface area contributed by atoms with Crippen molar-refractivity contribution in [1.82, 2.24) is 5.32 Å². The minimum absolute atomic E-state index is 0.0205. The van der Waals surface area contributed by atoms with Gasteiger partial charge in [0, 0.05) is 7.05 Å². The Hall–Kier alpha value is -2.68. The third kappa shape index (κ3) is 7.29. The summed E-state index contributed by atoms with van der Waals surface area (Å²) in [5.74, 6) is 0.942. The molecular formula is C27H36N2O. The van der Waals surface area contributed by atoms with E-state index in [1.165, 1.54) is 24.0 Å². The number of benzene rings is 2. The lowest BCUT2D eigenvalue weighted by Crippen LogP contribution is -2.34. The van der Waals surface area contributed by atoms with E-state index in [1.54, 1.807) is 7.05 Å². The van der Waals surface area contributed by atoms with Crippen LogP contribution in [0.25, 0.3) is 11.1 Å². The molecule has 2 rings (SSSR count). The number of amidine groups is 1. The normalized spacial score (nSPS) is 13.9. The van der Waals surface area contributed by atoms with Crippen molar-refractivity contribution in [2.24, 2.45) is 10.9 Å². The lowest BCUT2D eigenvalue weighted by molar-refractivity contribution is -0.121. The number of hydrogen-bond donors (Lipinski definition) is 1. The molecule has 30 heavy (non-hydrogen) atoms. The number of unbranched alkanes of at least 4 members (excludes halogenated alkanes) is 1. The molecule has 0 aliphatic rings. The van der Waals surface area contributed by atoms with E-state index < -0.39 is 0 Å². The number of nitrogens with one attached hydrogen (secondary N) is 1. The van der Waals surface area contributed by atoms with Crippen LogP contribution in [0.1, 0.15) is 64.4 Å². The second-order valence-electron chi connectivity index (χ2n) is 7.93. The van der Waals surface area contributed by atoms with Crippen LogP contribution in [0.3, 0.4) is 0 Å². The minimum Gasteiger partial charge on any atom is -0.310 e. The van der Waals surface area contributed by atoms with Gasteiger partial charge < -0.3 is 5.32 Å². The van der Waals surface area contributed by atoms with Gasteiger partial charge in [0.1, 0.15) is 5.84 Å². The maximum atomic E-state index is 13.2. The van der Waals surface area contributed by atoms with Gasteiger partial charge in [-0.3, -0.25) is 9.79 Å². The molecule has 2 aromatic carbocycles. The molecular weight excluding hydrogens is 368 g/mol. The van der Waals surface area contributed by atoms with Gasteiger partial charge in [-0.05, 0) is 41.5 Å². The van der Waals surface area contributed by atoms with E-state index in [-0.39, 0.29) is 11.8 Å². The van der Waals surface area contributed by atoms with E-state index in [4.69, 9.17) is 0 Å². The topological polar surface area (TPSA) is 41.5 Å². The summed E-state index contributed by atoms with van der Waals surface area (Å²) in [7, 11) is 1.71. The lowest BCUT2D eigenvalue weighted by atomic mass is 9.86. The van der Waals surface area contributed by atoms with E-state index in [2.05, 4.69) is 67.5 Å². The molecule has 0 saturated carbocycles. The van der Waals surface area contributed by atoms with Crippen molar-refractivity contribution in [3.05, 3.63) is 72.3 Å². The summed E-state index contributed by atoms with van der Waals surface area (Å²) in [5.41, 5.74) is 3.41. The Labute approximate surface area is 182 Å². The second kappa shape index (κ2) is 12.8. The molecule has 160 valence electrons. The summed E-state index contributed by atoms with van der Waals surface area (Å²) >= 11 is 0. The molecule has 0 aliphatic carbocycles. The van der Waals surface area contributed by atoms with Crippen LogP contribution >= 0.6 is 0 Å². The first-order valence-corrected chi connectivity index (χ1v) is 11.2. The Morgan fingerprint density at radius 1 is 1.03 bits per heavy atom. The summed E-state index contributed by atoms with van der Waals surface area (Å²) in [6, 6.07) is 18.8. The summed E-state index contributed by atoms with van der Waals surface area (Å²) < 4.78 is 0. The van der Waals surface area contributed by atoms with Gasteiger partial charge in [-0.25, -0.2) is 0 Å². The highest BCUT2D eigenvalue weighted by molar-refractivity contribution is 6.06. The third-order valence-corrected chi connectivity index (χ3v) is 5.43. The van der Waals surface area contributed by atoms with Crippen LogP contribution in [-0.4, -0.2) is 18.8 Å². The van der Waals surface area contributed by atoms with Gasteiger partial charge in [0.25, 0.3) is 0 Å². The Morgan fingerprint density at radius 2 is 1.70 bits per heavy atom. The molecule has 0 fully saturated rings. The van der Waals surface area contributed by atoms with Gasteiger partial charge in [0.05, 0.1) is 5.92 Å². The molecule has 1 N–H and O–H groups in total. The van der Waals surface area contributed by atoms with Crippen molar-refractivity contribution < 1.29 is 4.79 Å². The van der Waals surface area contributed by atoms with Crippen molar-refractivity contribution in [2.75, 3.05) is 7.05 Å². The molecule has 0 bridgehead atoms. The first kappa shape index (κ1) is 23.6. The fourth-order valence-corrected chi connectivity index (χ4v) is 3.62. The highest BCUT2D eigenvalue weighted by atomic mass is 16.1. The Bertz CT molecular complexity index is 822. The Morgan fingerprint density at radius 3 is 2.30 bits per heavy atom. The van der Waals surface area contributed by atoms with Gasteiger partial charge in [-0.2, -0.15) is 0 Å². The van der Waals surface area contributed by atoms with Crippen LogP contribution in [0, 0.1) is 5.92 Å². The fourth-order valence-electron chi connectivity index (χ4n) is 3.62. The largest absolute Gasteiger partial charge is 0.310 e. The van der Waals surface area contributed by atoms with Crippen LogP contribution in [0.15, 0.2) is 71.7 Å². The number of allylic oxidation sites excluding steroid dienone is 1. The van der Waals surface area contributed by atoms with Crippen molar-refractivity contribution in [3.63, 3.8) is 0 Å². The number of carbonyl (C=O) groups is 1. The Kier molecular flexibility index (Phi) is 10.1. The third-order valence-electron chi connectivity index (χ3n) is 5.43. The maximum Gasteiger partial charge on any atom is 0.233 e. The molecule has 0 spiro atoms. The number of hydrogen-bond acceptors (Lipinski definition) is 2. The van der Waals surface area contributed by atoms with Gasteiger partial charge in [0.2, 0.25) is 5.91 Å². The predicted molar refractivity (Wildman–Crippen MR) is 129 cm³/mol. The number of nitrogens with zero attached hydrogens (tertiary/aromatic N) is 1. The molecule has 2 aromatic rings. The van der Waals surface area contributed by atoms with E-state index in [9.17, 15) is 4.79 Å². The fraction of sp³-hybridized carbons (Fsp3) is 0.407. The van der Waals surface area contributed by atoms with Crippen molar-refractivity contribution >= 4 is 11.7 Å². The van der Waals surface area contributed by atoms with E-state index >= 15 is 0 Å². The zero-order valence-corrected chi connectivity index (χ0v) is 18.9. The second-order valence-corrected chi connectivity index (χ2v) is 7.93. The average Bonchev–Trinajstić information content (AvgIpc) is 2.79. The highest BCUT2D eigenvalue weighted by Gasteiger charge is 2.23. The molecule has 0 heterocycles. The Balaban J connectivity index is 2.24. The zero-order chi connectivity index (χ0) is 21.8. The maximum absolute atomic E-state index is 13.2. The highest BCUT2D eigenvalue weighted by Crippen LogP contribution is 2.29. The molecule has 2 unspecified atom stereocenters. The first-order chi connectivity index (χ1) is 14.6. The summed E-state index contributed by atoms with van der Waals surface area (Å²) in [6.45, 7) is 6.53. The first-order valence-electron chi connectivity index (χ1n) is 11.2. The van der Waals surface area contributed by atoms with E-state index in [0.29, 0.717) is 11.8 Å². The van der Waals surface area contributed by atoms with Gasteiger partial charge >= 0.3 is 0 Å². The van der Waals surface area contributed by atoms with E-state index in [1.807, 2.05) is 30.4 Å². The van der Waals surface area contributed by atoms with Crippen LogP contribution < -0.4 is 5.32 Å². The molecule has 0 aromatic heterocycles. The van der Waals surface area contributed by atoms with Crippen LogP contribution in [0.2, 0.25) is 0 Å². The monoisotopic (exact) mass is 404 g/mol. The van der Waals surface area contributed by atoms with Crippen LogP contribution in [0.4, 0.5) is 0 Å². The molecule has 0 saturated heterocycles. The molecule has 3 heteroatoms. The quantitative estimate of drug-likeness (QED) is 0.345. The number of amides is 1. The molecule has 3 nitrogen and oxygen atoms in total. The standard InChI is InChI=1S/C27H36N2O/c1-5-7-12-21(3)20-25(27(30)29-26(28-4)15-8-6-2)24-18-16-23(17-19-24)22-13-10-9-11-14-22/h8-11,13-19,21,25H,5-7,12,20H2,1-4H3,(H,28,29,30)/b15-8-. The number of aliphatic imine (C=N–C) groups is 1. The number of carbonyl (C=O) groups excluding carboxylic acids is 1. The SMILES string of the molecule is CC/C=C\C(=NC)NC(=O)C(CC(C)CCCC)c1ccc(-c2ccccc2)cc1. The summed E-state index contributed by atoms with van der Waals surface area (Å²) in [4.78, 5) is 17.4. The van der Waals surface area contributed by atoms with Crippen LogP contribution in [-0.2, 0) is 4.79 Å². The lowest BCUT2D eigenvalue weighted by Gasteiger charge is -2.21. The molecule has 2 atom stereocenters. The number of rotatable bonds is 10. The average molecular weight is 405 g/mol.